The summed E-state index contributed by atoms with van der Waals surface area (Å²) in [7, 11) is 1.86. The number of carbonyl (C=O) groups is 1. The molecule has 124 valence electrons. The van der Waals surface area contributed by atoms with Crippen LogP contribution in [-0.4, -0.2) is 25.2 Å². The molecule has 24 heavy (non-hydrogen) atoms. The molecule has 0 aliphatic rings. The van der Waals surface area contributed by atoms with Crippen LogP contribution in [0, 0.1) is 0 Å². The van der Waals surface area contributed by atoms with Crippen LogP contribution in [0.15, 0.2) is 55.1 Å². The standard InChI is InChI=1S/C18H21N5O/c1-13(16-11-20-22(3)12-16)21-18(24)14(2)23-10-9-19-17(23)15-7-5-4-6-8-15/h4-14H,1-3H3,(H,21,24)/t13-,14-/m1/s1. The largest absolute Gasteiger partial charge is 0.348 e. The minimum absolute atomic E-state index is 0.0541. The molecule has 0 saturated heterocycles. The van der Waals surface area contributed by atoms with Crippen LogP contribution in [0.4, 0.5) is 0 Å². The smallest absolute Gasteiger partial charge is 0.243 e. The quantitative estimate of drug-likeness (QED) is 0.785. The number of rotatable bonds is 5. The monoisotopic (exact) mass is 323 g/mol. The van der Waals surface area contributed by atoms with Crippen LogP contribution in [-0.2, 0) is 11.8 Å². The van der Waals surface area contributed by atoms with Crippen LogP contribution >= 0.6 is 0 Å². The van der Waals surface area contributed by atoms with E-state index < -0.39 is 0 Å². The maximum absolute atomic E-state index is 12.6. The van der Waals surface area contributed by atoms with E-state index in [4.69, 9.17) is 0 Å². The summed E-state index contributed by atoms with van der Waals surface area (Å²) in [6.07, 6.45) is 7.22. The molecule has 2 atom stereocenters. The van der Waals surface area contributed by atoms with Gasteiger partial charge in [0.25, 0.3) is 0 Å². The van der Waals surface area contributed by atoms with Crippen LogP contribution in [0.3, 0.4) is 0 Å². The zero-order valence-corrected chi connectivity index (χ0v) is 14.0. The summed E-state index contributed by atoms with van der Waals surface area (Å²) in [6.45, 7) is 3.83. The first-order valence-electron chi connectivity index (χ1n) is 7.93. The molecule has 0 saturated carbocycles. The van der Waals surface area contributed by atoms with Crippen molar-refractivity contribution < 1.29 is 4.79 Å². The molecule has 0 aliphatic carbocycles. The van der Waals surface area contributed by atoms with E-state index in [0.717, 1.165) is 17.0 Å². The molecule has 0 spiro atoms. The van der Waals surface area contributed by atoms with Gasteiger partial charge >= 0.3 is 0 Å². The molecular weight excluding hydrogens is 302 g/mol. The van der Waals surface area contributed by atoms with Crippen molar-refractivity contribution in [1.82, 2.24) is 24.6 Å². The molecule has 1 amide bonds. The van der Waals surface area contributed by atoms with Crippen LogP contribution in [0.25, 0.3) is 11.4 Å². The molecule has 1 N–H and O–H groups in total. The van der Waals surface area contributed by atoms with E-state index in [1.807, 2.05) is 68.2 Å². The van der Waals surface area contributed by atoms with Gasteiger partial charge in [-0.1, -0.05) is 30.3 Å². The summed E-state index contributed by atoms with van der Waals surface area (Å²) in [5.74, 6) is 0.730. The maximum Gasteiger partial charge on any atom is 0.243 e. The van der Waals surface area contributed by atoms with E-state index in [2.05, 4.69) is 15.4 Å². The van der Waals surface area contributed by atoms with E-state index in [1.165, 1.54) is 0 Å². The third kappa shape index (κ3) is 3.22. The number of hydrogen-bond acceptors (Lipinski definition) is 3. The Morgan fingerprint density at radius 1 is 1.21 bits per heavy atom. The molecule has 0 aliphatic heterocycles. The molecule has 0 unspecified atom stereocenters. The molecular formula is C18H21N5O. The third-order valence-corrected chi connectivity index (χ3v) is 4.08. The van der Waals surface area contributed by atoms with Gasteiger partial charge in [-0.25, -0.2) is 4.98 Å². The van der Waals surface area contributed by atoms with Crippen molar-refractivity contribution in [1.29, 1.82) is 0 Å². The number of aromatic nitrogens is 4. The number of nitrogens with zero attached hydrogens (tertiary/aromatic N) is 4. The van der Waals surface area contributed by atoms with Crippen LogP contribution in [0.2, 0.25) is 0 Å². The lowest BCUT2D eigenvalue weighted by Crippen LogP contribution is -2.33. The number of amides is 1. The molecule has 2 heterocycles. The van der Waals surface area contributed by atoms with Crippen LogP contribution < -0.4 is 5.32 Å². The average molecular weight is 323 g/mol. The van der Waals surface area contributed by atoms with Crippen molar-refractivity contribution in [2.75, 3.05) is 0 Å². The van der Waals surface area contributed by atoms with Gasteiger partial charge in [0.2, 0.25) is 5.91 Å². The normalized spacial score (nSPS) is 13.5. The highest BCUT2D eigenvalue weighted by Crippen LogP contribution is 2.21. The molecule has 3 rings (SSSR count). The highest BCUT2D eigenvalue weighted by atomic mass is 16.2. The minimum atomic E-state index is -0.359. The molecule has 6 nitrogen and oxygen atoms in total. The van der Waals surface area contributed by atoms with Gasteiger partial charge in [-0.05, 0) is 13.8 Å². The Kier molecular flexibility index (Phi) is 4.46. The summed E-state index contributed by atoms with van der Waals surface area (Å²) in [6, 6.07) is 9.40. The number of nitrogens with one attached hydrogen (secondary N) is 1. The molecule has 1 aromatic carbocycles. The maximum atomic E-state index is 12.6. The van der Waals surface area contributed by atoms with Gasteiger partial charge in [0, 0.05) is 36.8 Å². The fourth-order valence-electron chi connectivity index (χ4n) is 2.64. The Labute approximate surface area is 141 Å². The van der Waals surface area contributed by atoms with Gasteiger partial charge < -0.3 is 9.88 Å². The number of imidazole rings is 1. The summed E-state index contributed by atoms with van der Waals surface area (Å²) in [5, 5.41) is 7.18. The molecule has 0 radical (unpaired) electrons. The fraction of sp³-hybridized carbons (Fsp3) is 0.278. The number of aryl methyl sites for hydroxylation is 1. The summed E-state index contributed by atoms with van der Waals surface area (Å²) < 4.78 is 3.62. The molecule has 2 aromatic heterocycles. The van der Waals surface area contributed by atoms with Gasteiger partial charge in [-0.15, -0.1) is 0 Å². The first kappa shape index (κ1) is 16.0. The Morgan fingerprint density at radius 3 is 2.62 bits per heavy atom. The Bertz CT molecular complexity index is 821. The topological polar surface area (TPSA) is 64.7 Å². The predicted molar refractivity (Wildman–Crippen MR) is 92.1 cm³/mol. The van der Waals surface area contributed by atoms with E-state index >= 15 is 0 Å². The zero-order valence-electron chi connectivity index (χ0n) is 14.0. The lowest BCUT2D eigenvalue weighted by atomic mass is 10.1. The SMILES string of the molecule is C[C@H](C(=O)N[C@H](C)c1cnn(C)c1)n1ccnc1-c1ccccc1. The second-order valence-corrected chi connectivity index (χ2v) is 5.88. The van der Waals surface area contributed by atoms with Gasteiger partial charge in [-0.3, -0.25) is 9.48 Å². The molecule has 0 bridgehead atoms. The first-order valence-corrected chi connectivity index (χ1v) is 7.93. The van der Waals surface area contributed by atoms with Crippen molar-refractivity contribution >= 4 is 5.91 Å². The van der Waals surface area contributed by atoms with E-state index in [0.29, 0.717) is 0 Å². The van der Waals surface area contributed by atoms with Crippen LogP contribution in [0.1, 0.15) is 31.5 Å². The number of carbonyl (C=O) groups excluding carboxylic acids is 1. The average Bonchev–Trinajstić information content (AvgIpc) is 3.23. The molecule has 0 fully saturated rings. The number of benzene rings is 1. The van der Waals surface area contributed by atoms with Gasteiger partial charge in [0.05, 0.1) is 12.2 Å². The zero-order chi connectivity index (χ0) is 17.1. The lowest BCUT2D eigenvalue weighted by Gasteiger charge is -2.19. The first-order chi connectivity index (χ1) is 11.6. The van der Waals surface area contributed by atoms with E-state index in [-0.39, 0.29) is 18.0 Å². The van der Waals surface area contributed by atoms with Crippen LogP contribution in [0.5, 0.6) is 0 Å². The highest BCUT2D eigenvalue weighted by Gasteiger charge is 2.20. The Balaban J connectivity index is 1.76. The van der Waals surface area contributed by atoms with Crippen molar-refractivity contribution in [3.63, 3.8) is 0 Å². The second kappa shape index (κ2) is 6.70. The Hall–Kier alpha value is -2.89. The minimum Gasteiger partial charge on any atom is -0.348 e. The second-order valence-electron chi connectivity index (χ2n) is 5.88. The predicted octanol–water partition coefficient (Wildman–Crippen LogP) is 2.72. The summed E-state index contributed by atoms with van der Waals surface area (Å²) in [4.78, 5) is 17.0. The molecule has 6 heteroatoms. The van der Waals surface area contributed by atoms with E-state index in [9.17, 15) is 4.79 Å². The van der Waals surface area contributed by atoms with Crippen molar-refractivity contribution in [2.45, 2.75) is 25.9 Å². The number of hydrogen-bond donors (Lipinski definition) is 1. The fourth-order valence-corrected chi connectivity index (χ4v) is 2.64. The lowest BCUT2D eigenvalue weighted by molar-refractivity contribution is -0.124. The Morgan fingerprint density at radius 2 is 1.96 bits per heavy atom. The van der Waals surface area contributed by atoms with E-state index in [1.54, 1.807) is 17.1 Å². The van der Waals surface area contributed by atoms with Gasteiger partial charge in [0.15, 0.2) is 0 Å². The summed E-state index contributed by atoms with van der Waals surface area (Å²) >= 11 is 0. The molecule has 3 aromatic rings. The summed E-state index contributed by atoms with van der Waals surface area (Å²) in [5.41, 5.74) is 1.97. The third-order valence-electron chi connectivity index (χ3n) is 4.08. The highest BCUT2D eigenvalue weighted by molar-refractivity contribution is 5.81. The van der Waals surface area contributed by atoms with Gasteiger partial charge in [-0.2, -0.15) is 5.10 Å². The van der Waals surface area contributed by atoms with Crippen molar-refractivity contribution in [3.8, 4) is 11.4 Å². The van der Waals surface area contributed by atoms with Gasteiger partial charge in [0.1, 0.15) is 11.9 Å². The van der Waals surface area contributed by atoms with Crippen molar-refractivity contribution in [2.24, 2.45) is 7.05 Å². The van der Waals surface area contributed by atoms with Crippen molar-refractivity contribution in [3.05, 3.63) is 60.7 Å².